The molecule has 1 aromatic rings. The maximum atomic E-state index is 12.6. The van der Waals surface area contributed by atoms with Gasteiger partial charge in [0.1, 0.15) is 11.4 Å². The molecule has 0 unspecified atom stereocenters. The van der Waals surface area contributed by atoms with E-state index in [1.807, 2.05) is 18.3 Å². The molecule has 2 aliphatic rings. The molecule has 2 N–H and O–H groups in total. The highest BCUT2D eigenvalue weighted by atomic mass is 16.5. The molecule has 2 saturated heterocycles. The van der Waals surface area contributed by atoms with Gasteiger partial charge in [-0.15, -0.1) is 0 Å². The number of ether oxygens (including phenoxy) is 1. The average molecular weight is 318 g/mol. The number of hydrogen-bond acceptors (Lipinski definition) is 5. The average Bonchev–Trinajstić information content (AvgIpc) is 2.63. The Kier molecular flexibility index (Phi) is 5.13. The lowest BCUT2D eigenvalue weighted by molar-refractivity contribution is -0.140. The Bertz CT molecular complexity index is 520. The number of piperidine rings is 2. The van der Waals surface area contributed by atoms with Gasteiger partial charge in [-0.3, -0.25) is 4.79 Å². The van der Waals surface area contributed by atoms with Crippen LogP contribution in [0.15, 0.2) is 18.3 Å². The van der Waals surface area contributed by atoms with E-state index in [-0.39, 0.29) is 5.91 Å². The van der Waals surface area contributed by atoms with Crippen LogP contribution in [0.3, 0.4) is 0 Å². The number of carbonyl (C=O) groups excluding carboxylic acids is 1. The van der Waals surface area contributed by atoms with Gasteiger partial charge < -0.3 is 20.3 Å². The van der Waals surface area contributed by atoms with Gasteiger partial charge in [0.25, 0.3) is 5.91 Å². The number of pyridine rings is 1. The molecule has 3 rings (SSSR count). The first-order chi connectivity index (χ1) is 11.2. The fourth-order valence-electron chi connectivity index (χ4n) is 3.38. The van der Waals surface area contributed by atoms with Gasteiger partial charge in [0.15, 0.2) is 0 Å². The van der Waals surface area contributed by atoms with Crippen molar-refractivity contribution in [1.82, 2.24) is 10.3 Å². The second kappa shape index (κ2) is 7.27. The lowest BCUT2D eigenvalue weighted by Gasteiger charge is -2.34. The summed E-state index contributed by atoms with van der Waals surface area (Å²) in [5.74, 6) is 0.491. The predicted octanol–water partition coefficient (Wildman–Crippen LogP) is 1.78. The van der Waals surface area contributed by atoms with E-state index in [1.165, 1.54) is 19.3 Å². The van der Waals surface area contributed by atoms with Gasteiger partial charge in [0.05, 0.1) is 11.9 Å². The minimum absolute atomic E-state index is 0.0975. The number of anilines is 2. The predicted molar refractivity (Wildman–Crippen MR) is 90.8 cm³/mol. The maximum Gasteiger partial charge on any atom is 0.257 e. The number of nitrogens with one attached hydrogen (secondary N) is 2. The van der Waals surface area contributed by atoms with Gasteiger partial charge >= 0.3 is 0 Å². The van der Waals surface area contributed by atoms with Gasteiger partial charge in [0.2, 0.25) is 0 Å². The Balaban J connectivity index is 1.64. The van der Waals surface area contributed by atoms with Crippen LogP contribution in [-0.4, -0.2) is 49.8 Å². The molecule has 0 saturated carbocycles. The van der Waals surface area contributed by atoms with Crippen LogP contribution in [0, 0.1) is 0 Å². The summed E-state index contributed by atoms with van der Waals surface area (Å²) in [7, 11) is 1.61. The molecule has 0 atom stereocenters. The van der Waals surface area contributed by atoms with Crippen molar-refractivity contribution in [3.63, 3.8) is 0 Å². The monoisotopic (exact) mass is 318 g/mol. The van der Waals surface area contributed by atoms with Crippen molar-refractivity contribution in [2.75, 3.05) is 43.5 Å². The molecule has 126 valence electrons. The van der Waals surface area contributed by atoms with E-state index in [1.54, 1.807) is 7.11 Å². The molecule has 1 amide bonds. The SMILES string of the molecule is COC1(C(=O)Nc2ccc(N3CCCCC3)cn2)CCNCC1. The van der Waals surface area contributed by atoms with Crippen LogP contribution in [0.1, 0.15) is 32.1 Å². The van der Waals surface area contributed by atoms with Gasteiger partial charge in [-0.1, -0.05) is 0 Å². The van der Waals surface area contributed by atoms with Crippen molar-refractivity contribution in [1.29, 1.82) is 0 Å². The highest BCUT2D eigenvalue weighted by Gasteiger charge is 2.39. The van der Waals surface area contributed by atoms with Crippen molar-refractivity contribution in [3.8, 4) is 0 Å². The van der Waals surface area contributed by atoms with Gasteiger partial charge in [-0.25, -0.2) is 4.98 Å². The molecule has 0 aromatic carbocycles. The Labute approximate surface area is 137 Å². The molecule has 2 fully saturated rings. The molecule has 0 spiro atoms. The van der Waals surface area contributed by atoms with Crippen LogP contribution in [-0.2, 0) is 9.53 Å². The van der Waals surface area contributed by atoms with Gasteiger partial charge in [0, 0.05) is 20.2 Å². The van der Waals surface area contributed by atoms with Crippen LogP contribution in [0.5, 0.6) is 0 Å². The Morgan fingerprint density at radius 1 is 1.26 bits per heavy atom. The van der Waals surface area contributed by atoms with E-state index in [2.05, 4.69) is 20.5 Å². The van der Waals surface area contributed by atoms with Gasteiger partial charge in [-0.05, 0) is 57.3 Å². The quantitative estimate of drug-likeness (QED) is 0.886. The zero-order valence-corrected chi connectivity index (χ0v) is 13.8. The van der Waals surface area contributed by atoms with Gasteiger partial charge in [-0.2, -0.15) is 0 Å². The summed E-state index contributed by atoms with van der Waals surface area (Å²) in [5, 5.41) is 6.17. The molecule has 6 nitrogen and oxygen atoms in total. The summed E-state index contributed by atoms with van der Waals surface area (Å²) < 4.78 is 5.54. The fourth-order valence-corrected chi connectivity index (χ4v) is 3.38. The first-order valence-corrected chi connectivity index (χ1v) is 8.52. The van der Waals surface area contributed by atoms with Crippen molar-refractivity contribution in [2.45, 2.75) is 37.7 Å². The molecular formula is C17H26N4O2. The van der Waals surface area contributed by atoms with Crippen LogP contribution in [0.25, 0.3) is 0 Å². The third-order valence-corrected chi connectivity index (χ3v) is 4.93. The summed E-state index contributed by atoms with van der Waals surface area (Å²) in [6.07, 6.45) is 7.00. The minimum atomic E-state index is -0.738. The number of amides is 1. The number of carbonyl (C=O) groups is 1. The van der Waals surface area contributed by atoms with Crippen molar-refractivity contribution in [3.05, 3.63) is 18.3 Å². The zero-order chi connectivity index (χ0) is 16.1. The molecule has 1 aromatic heterocycles. The molecule has 0 aliphatic carbocycles. The van der Waals surface area contributed by atoms with Crippen molar-refractivity contribution in [2.24, 2.45) is 0 Å². The van der Waals surface area contributed by atoms with Crippen molar-refractivity contribution >= 4 is 17.4 Å². The van der Waals surface area contributed by atoms with Crippen LogP contribution in [0.4, 0.5) is 11.5 Å². The van der Waals surface area contributed by atoms with E-state index in [9.17, 15) is 4.79 Å². The smallest absolute Gasteiger partial charge is 0.257 e. The van der Waals surface area contributed by atoms with E-state index < -0.39 is 5.60 Å². The Morgan fingerprint density at radius 2 is 2.00 bits per heavy atom. The zero-order valence-electron chi connectivity index (χ0n) is 13.8. The molecule has 23 heavy (non-hydrogen) atoms. The lowest BCUT2D eigenvalue weighted by Crippen LogP contribution is -2.51. The first kappa shape index (κ1) is 16.2. The number of hydrogen-bond donors (Lipinski definition) is 2. The van der Waals surface area contributed by atoms with Crippen LogP contribution < -0.4 is 15.5 Å². The van der Waals surface area contributed by atoms with Crippen LogP contribution in [0.2, 0.25) is 0 Å². The summed E-state index contributed by atoms with van der Waals surface area (Å²) in [5.41, 5.74) is 0.393. The molecule has 0 radical (unpaired) electrons. The largest absolute Gasteiger partial charge is 0.370 e. The van der Waals surface area contributed by atoms with Crippen LogP contribution >= 0.6 is 0 Å². The summed E-state index contributed by atoms with van der Waals surface area (Å²) in [6.45, 7) is 3.77. The molecule has 3 heterocycles. The van der Waals surface area contributed by atoms with E-state index in [4.69, 9.17) is 4.74 Å². The van der Waals surface area contributed by atoms with Crippen molar-refractivity contribution < 1.29 is 9.53 Å². The Hall–Kier alpha value is -1.66. The normalized spacial score (nSPS) is 21.0. The first-order valence-electron chi connectivity index (χ1n) is 8.52. The summed E-state index contributed by atoms with van der Waals surface area (Å²) >= 11 is 0. The molecular weight excluding hydrogens is 292 g/mol. The van der Waals surface area contributed by atoms with E-state index in [0.29, 0.717) is 18.7 Å². The topological polar surface area (TPSA) is 66.5 Å². The maximum absolute atomic E-state index is 12.6. The number of rotatable bonds is 4. The fraction of sp³-hybridized carbons (Fsp3) is 0.647. The minimum Gasteiger partial charge on any atom is -0.370 e. The Morgan fingerprint density at radius 3 is 2.61 bits per heavy atom. The third kappa shape index (κ3) is 3.64. The number of nitrogens with zero attached hydrogens (tertiary/aromatic N) is 2. The van der Waals surface area contributed by atoms with E-state index >= 15 is 0 Å². The highest BCUT2D eigenvalue weighted by molar-refractivity contribution is 5.96. The summed E-state index contributed by atoms with van der Waals surface area (Å²) in [6, 6.07) is 3.92. The lowest BCUT2D eigenvalue weighted by atomic mass is 9.91. The van der Waals surface area contributed by atoms with E-state index in [0.717, 1.165) is 31.9 Å². The second-order valence-corrected chi connectivity index (χ2v) is 6.35. The molecule has 0 bridgehead atoms. The molecule has 2 aliphatic heterocycles. The summed E-state index contributed by atoms with van der Waals surface area (Å²) in [4.78, 5) is 19.4. The standard InChI is InChI=1S/C17H26N4O2/c1-23-17(7-9-18-10-8-17)16(22)20-15-6-5-14(13-19-15)21-11-3-2-4-12-21/h5-6,13,18H,2-4,7-12H2,1H3,(H,19,20,22). The highest BCUT2D eigenvalue weighted by Crippen LogP contribution is 2.25. The second-order valence-electron chi connectivity index (χ2n) is 6.35. The number of aromatic nitrogens is 1. The third-order valence-electron chi connectivity index (χ3n) is 4.93. The molecule has 6 heteroatoms. The number of methoxy groups -OCH3 is 1.